The predicted octanol–water partition coefficient (Wildman–Crippen LogP) is 2.40. The van der Waals surface area contributed by atoms with E-state index in [2.05, 4.69) is 0 Å². The van der Waals surface area contributed by atoms with Gasteiger partial charge in [0.2, 0.25) is 0 Å². The number of carboxylic acid groups (broad SMARTS) is 1. The molecule has 2 aromatic carbocycles. The van der Waals surface area contributed by atoms with Crippen molar-refractivity contribution in [2.45, 2.75) is 23.9 Å². The Morgan fingerprint density at radius 2 is 1.81 bits per heavy atom. The number of carboxylic acids is 1. The molecule has 136 valence electrons. The van der Waals surface area contributed by atoms with Crippen LogP contribution in [0.5, 0.6) is 0 Å². The van der Waals surface area contributed by atoms with Gasteiger partial charge in [-0.15, -0.1) is 0 Å². The van der Waals surface area contributed by atoms with Crippen LogP contribution in [0.15, 0.2) is 47.4 Å². The van der Waals surface area contributed by atoms with E-state index < -0.39 is 27.8 Å². The zero-order valence-corrected chi connectivity index (χ0v) is 15.4. The molecule has 26 heavy (non-hydrogen) atoms. The number of fused-ring (bicyclic) bond motifs is 1. The van der Waals surface area contributed by atoms with Crippen LogP contribution in [0.25, 0.3) is 0 Å². The lowest BCUT2D eigenvalue weighted by Gasteiger charge is -2.34. The Balaban J connectivity index is 2.05. The van der Waals surface area contributed by atoms with Crippen molar-refractivity contribution in [1.82, 2.24) is 4.90 Å². The van der Waals surface area contributed by atoms with Crippen molar-refractivity contribution in [1.29, 1.82) is 0 Å². The Kier molecular flexibility index (Phi) is 4.77. The molecule has 0 radical (unpaired) electrons. The van der Waals surface area contributed by atoms with Gasteiger partial charge >= 0.3 is 5.97 Å². The normalized spacial score (nSPS) is 16.8. The van der Waals surface area contributed by atoms with Crippen LogP contribution >= 0.6 is 11.6 Å². The Morgan fingerprint density at radius 1 is 1.15 bits per heavy atom. The summed E-state index contributed by atoms with van der Waals surface area (Å²) in [7, 11) is -3.53. The van der Waals surface area contributed by atoms with Gasteiger partial charge in [-0.2, -0.15) is 0 Å². The second-order valence-corrected chi connectivity index (χ2v) is 8.60. The smallest absolute Gasteiger partial charge is 0.326 e. The number of amides is 1. The Morgan fingerprint density at radius 3 is 2.42 bits per heavy atom. The monoisotopic (exact) mass is 393 g/mol. The van der Waals surface area contributed by atoms with E-state index in [0.717, 1.165) is 17.4 Å². The topological polar surface area (TPSA) is 91.8 Å². The molecule has 1 aliphatic rings. The largest absolute Gasteiger partial charge is 0.480 e. The minimum atomic E-state index is -3.53. The third kappa shape index (κ3) is 3.45. The molecule has 1 amide bonds. The average Bonchev–Trinajstić information content (AvgIpc) is 2.59. The maximum Gasteiger partial charge on any atom is 0.326 e. The van der Waals surface area contributed by atoms with Gasteiger partial charge in [-0.1, -0.05) is 35.9 Å². The number of nitrogens with zero attached hydrogens (tertiary/aromatic N) is 1. The molecule has 2 aromatic rings. The summed E-state index contributed by atoms with van der Waals surface area (Å²) in [5, 5.41) is 9.63. The van der Waals surface area contributed by atoms with Crippen LogP contribution in [0.4, 0.5) is 0 Å². The van der Waals surface area contributed by atoms with Crippen molar-refractivity contribution in [3.63, 3.8) is 0 Å². The summed E-state index contributed by atoms with van der Waals surface area (Å²) in [6, 6.07) is 10.1. The number of aliphatic carboxylic acids is 1. The van der Waals surface area contributed by atoms with Gasteiger partial charge < -0.3 is 10.0 Å². The number of halogens is 1. The fourth-order valence-corrected chi connectivity index (χ4v) is 3.86. The van der Waals surface area contributed by atoms with E-state index in [1.54, 1.807) is 0 Å². The van der Waals surface area contributed by atoms with Gasteiger partial charge in [0.1, 0.15) is 6.04 Å². The number of rotatable bonds is 3. The molecular weight excluding hydrogens is 378 g/mol. The van der Waals surface area contributed by atoms with Gasteiger partial charge in [0.15, 0.2) is 9.84 Å². The molecular formula is C18H16ClNO5S. The highest BCUT2D eigenvalue weighted by molar-refractivity contribution is 7.90. The van der Waals surface area contributed by atoms with E-state index in [1.807, 2.05) is 24.3 Å². The van der Waals surface area contributed by atoms with Crippen LogP contribution in [0.3, 0.4) is 0 Å². The quantitative estimate of drug-likeness (QED) is 0.864. The standard InChI is InChI=1S/C18H16ClNO5S/c1-26(24,25)13-6-7-15(19)14(9-13)17(21)20-10-12-5-3-2-4-11(12)8-16(20)18(22)23/h2-7,9,16H,8,10H2,1H3,(H,22,23)/t16-/m0/s1. The van der Waals surface area contributed by atoms with E-state index >= 15 is 0 Å². The summed E-state index contributed by atoms with van der Waals surface area (Å²) in [5.41, 5.74) is 1.70. The molecule has 1 N–H and O–H groups in total. The van der Waals surface area contributed by atoms with Crippen LogP contribution in [0, 0.1) is 0 Å². The molecule has 0 spiro atoms. The third-order valence-corrected chi connectivity index (χ3v) is 5.83. The number of hydrogen-bond donors (Lipinski definition) is 1. The van der Waals surface area contributed by atoms with Crippen molar-refractivity contribution in [3.8, 4) is 0 Å². The van der Waals surface area contributed by atoms with E-state index in [9.17, 15) is 23.1 Å². The minimum absolute atomic E-state index is 0.0276. The fraction of sp³-hybridized carbons (Fsp3) is 0.222. The van der Waals surface area contributed by atoms with Gasteiger partial charge in [-0.05, 0) is 29.3 Å². The Labute approximate surface area is 155 Å². The van der Waals surface area contributed by atoms with Crippen LogP contribution < -0.4 is 0 Å². The van der Waals surface area contributed by atoms with E-state index in [-0.39, 0.29) is 28.4 Å². The third-order valence-electron chi connectivity index (χ3n) is 4.39. The average molecular weight is 394 g/mol. The maximum absolute atomic E-state index is 13.0. The lowest BCUT2D eigenvalue weighted by atomic mass is 9.93. The van der Waals surface area contributed by atoms with Crippen molar-refractivity contribution in [2.24, 2.45) is 0 Å². The summed E-state index contributed by atoms with van der Waals surface area (Å²) in [5.74, 6) is -1.73. The molecule has 3 rings (SSSR count). The van der Waals surface area contributed by atoms with Crippen LogP contribution in [-0.4, -0.2) is 42.6 Å². The lowest BCUT2D eigenvalue weighted by molar-refractivity contribution is -0.142. The predicted molar refractivity (Wildman–Crippen MR) is 96.0 cm³/mol. The van der Waals surface area contributed by atoms with Gasteiger partial charge in [0.05, 0.1) is 15.5 Å². The second kappa shape index (κ2) is 6.74. The van der Waals surface area contributed by atoms with E-state index in [0.29, 0.717) is 0 Å². The molecule has 8 heteroatoms. The van der Waals surface area contributed by atoms with Gasteiger partial charge in [0.25, 0.3) is 5.91 Å². The first-order valence-corrected chi connectivity index (χ1v) is 10.1. The molecule has 0 aromatic heterocycles. The van der Waals surface area contributed by atoms with Gasteiger partial charge in [0, 0.05) is 19.2 Å². The van der Waals surface area contributed by atoms with Crippen molar-refractivity contribution in [3.05, 3.63) is 64.2 Å². The summed E-state index contributed by atoms with van der Waals surface area (Å²) in [6.07, 6.45) is 1.21. The minimum Gasteiger partial charge on any atom is -0.480 e. The highest BCUT2D eigenvalue weighted by Crippen LogP contribution is 2.28. The molecule has 0 saturated carbocycles. The number of carbonyl (C=O) groups excluding carboxylic acids is 1. The molecule has 0 unspecified atom stereocenters. The molecule has 6 nitrogen and oxygen atoms in total. The zero-order chi connectivity index (χ0) is 19.1. The molecule has 1 heterocycles. The van der Waals surface area contributed by atoms with E-state index in [1.165, 1.54) is 23.1 Å². The number of sulfone groups is 1. The van der Waals surface area contributed by atoms with Crippen LogP contribution in [0.2, 0.25) is 5.02 Å². The Bertz CT molecular complexity index is 1000. The Hall–Kier alpha value is -2.38. The number of hydrogen-bond acceptors (Lipinski definition) is 4. The molecule has 1 atom stereocenters. The van der Waals surface area contributed by atoms with Crippen LogP contribution in [0.1, 0.15) is 21.5 Å². The first-order valence-electron chi connectivity index (χ1n) is 7.78. The number of carbonyl (C=O) groups is 2. The SMILES string of the molecule is CS(=O)(=O)c1ccc(Cl)c(C(=O)N2Cc3ccccc3C[C@H]2C(=O)O)c1. The van der Waals surface area contributed by atoms with Crippen molar-refractivity contribution in [2.75, 3.05) is 6.26 Å². The maximum atomic E-state index is 13.0. The molecule has 0 bridgehead atoms. The summed E-state index contributed by atoms with van der Waals surface area (Å²) < 4.78 is 23.5. The molecule has 0 fully saturated rings. The van der Waals surface area contributed by atoms with Crippen LogP contribution in [-0.2, 0) is 27.6 Å². The number of benzene rings is 2. The molecule has 0 saturated heterocycles. The summed E-state index contributed by atoms with van der Waals surface area (Å²) in [6.45, 7) is 0.116. The second-order valence-electron chi connectivity index (χ2n) is 6.17. The van der Waals surface area contributed by atoms with Crippen molar-refractivity contribution < 1.29 is 23.1 Å². The first kappa shape index (κ1) is 18.4. The van der Waals surface area contributed by atoms with Gasteiger partial charge in [-0.3, -0.25) is 4.79 Å². The van der Waals surface area contributed by atoms with Crippen molar-refractivity contribution >= 4 is 33.3 Å². The highest BCUT2D eigenvalue weighted by atomic mass is 35.5. The van der Waals surface area contributed by atoms with Gasteiger partial charge in [-0.25, -0.2) is 13.2 Å². The summed E-state index contributed by atoms with van der Waals surface area (Å²) >= 11 is 6.10. The fourth-order valence-electron chi connectivity index (χ4n) is 3.01. The highest BCUT2D eigenvalue weighted by Gasteiger charge is 2.35. The first-order chi connectivity index (χ1) is 12.2. The zero-order valence-electron chi connectivity index (χ0n) is 13.8. The lowest BCUT2D eigenvalue weighted by Crippen LogP contribution is -2.48. The molecule has 0 aliphatic carbocycles. The summed E-state index contributed by atoms with van der Waals surface area (Å²) in [4.78, 5) is 25.9. The van der Waals surface area contributed by atoms with E-state index in [4.69, 9.17) is 11.6 Å². The molecule has 1 aliphatic heterocycles.